The zero-order valence-electron chi connectivity index (χ0n) is 10.6. The van der Waals surface area contributed by atoms with Crippen molar-refractivity contribution in [1.29, 1.82) is 0 Å². The number of unbranched alkanes of at least 4 members (excludes halogenated alkanes) is 1. The van der Waals surface area contributed by atoms with E-state index in [4.69, 9.17) is 0 Å². The predicted octanol–water partition coefficient (Wildman–Crippen LogP) is 1.19. The molecule has 4 nitrogen and oxygen atoms in total. The third-order valence-electron chi connectivity index (χ3n) is 2.88. The molecule has 1 fully saturated rings. The van der Waals surface area contributed by atoms with E-state index in [1.54, 1.807) is 11.4 Å². The van der Waals surface area contributed by atoms with E-state index >= 15 is 0 Å². The highest BCUT2D eigenvalue weighted by atomic mass is 32.2. The third kappa shape index (κ3) is 4.80. The van der Waals surface area contributed by atoms with Crippen LogP contribution in [-0.2, 0) is 10.0 Å². The molecule has 96 valence electrons. The highest BCUT2D eigenvalue weighted by Gasteiger charge is 2.33. The van der Waals surface area contributed by atoms with Crippen molar-refractivity contribution in [3.8, 4) is 0 Å². The second kappa shape index (κ2) is 5.98. The molecule has 1 rings (SSSR count). The molecule has 5 heteroatoms. The van der Waals surface area contributed by atoms with E-state index in [1.165, 1.54) is 0 Å². The molecule has 0 amide bonds. The Labute approximate surface area is 99.5 Å². The van der Waals surface area contributed by atoms with Crippen LogP contribution in [0, 0.1) is 0 Å². The number of nitrogens with one attached hydrogen (secondary N) is 1. The Balaban J connectivity index is 2.15. The van der Waals surface area contributed by atoms with Gasteiger partial charge < -0.3 is 5.32 Å². The van der Waals surface area contributed by atoms with E-state index in [2.05, 4.69) is 19.2 Å². The number of hydrogen-bond acceptors (Lipinski definition) is 3. The maximum atomic E-state index is 11.8. The minimum absolute atomic E-state index is 0.291. The van der Waals surface area contributed by atoms with Crippen LogP contribution >= 0.6 is 0 Å². The molecule has 0 aromatic rings. The van der Waals surface area contributed by atoms with Gasteiger partial charge in [-0.1, -0.05) is 13.8 Å². The van der Waals surface area contributed by atoms with Gasteiger partial charge in [-0.15, -0.1) is 0 Å². The Morgan fingerprint density at radius 1 is 1.31 bits per heavy atom. The molecule has 0 aromatic heterocycles. The summed E-state index contributed by atoms with van der Waals surface area (Å²) in [5, 5.41) is 3.29. The van der Waals surface area contributed by atoms with Crippen molar-refractivity contribution < 1.29 is 8.42 Å². The largest absolute Gasteiger partial charge is 0.315 e. The third-order valence-corrected chi connectivity index (χ3v) is 4.86. The zero-order valence-corrected chi connectivity index (χ0v) is 11.4. The molecule has 0 saturated heterocycles. The van der Waals surface area contributed by atoms with Crippen LogP contribution < -0.4 is 5.32 Å². The van der Waals surface area contributed by atoms with Crippen LogP contribution in [0.2, 0.25) is 0 Å². The maximum absolute atomic E-state index is 11.8. The Kier molecular flexibility index (Phi) is 5.21. The van der Waals surface area contributed by atoms with Crippen molar-refractivity contribution in [2.45, 2.75) is 51.6 Å². The molecule has 1 aliphatic rings. The quantitative estimate of drug-likeness (QED) is 0.656. The van der Waals surface area contributed by atoms with Gasteiger partial charge in [0.05, 0.1) is 5.75 Å². The lowest BCUT2D eigenvalue weighted by atomic mass is 10.3. The SMILES string of the molecule is CC(C)NCCCCS(=O)(=O)N(C)C1CC1. The van der Waals surface area contributed by atoms with E-state index in [0.29, 0.717) is 17.8 Å². The van der Waals surface area contributed by atoms with Crippen LogP contribution in [0.15, 0.2) is 0 Å². The lowest BCUT2D eigenvalue weighted by Crippen LogP contribution is -2.31. The second-order valence-electron chi connectivity index (χ2n) is 4.88. The minimum atomic E-state index is -2.99. The molecule has 16 heavy (non-hydrogen) atoms. The summed E-state index contributed by atoms with van der Waals surface area (Å²) in [4.78, 5) is 0. The molecule has 1 N–H and O–H groups in total. The fraction of sp³-hybridized carbons (Fsp3) is 1.00. The van der Waals surface area contributed by atoms with Gasteiger partial charge in [-0.3, -0.25) is 0 Å². The summed E-state index contributed by atoms with van der Waals surface area (Å²) in [5.41, 5.74) is 0. The van der Waals surface area contributed by atoms with Gasteiger partial charge in [0.25, 0.3) is 0 Å². The van der Waals surface area contributed by atoms with E-state index in [9.17, 15) is 8.42 Å². The van der Waals surface area contributed by atoms with E-state index < -0.39 is 10.0 Å². The summed E-state index contributed by atoms with van der Waals surface area (Å²) in [5.74, 6) is 0.291. The van der Waals surface area contributed by atoms with Gasteiger partial charge in [-0.05, 0) is 32.2 Å². The molecule has 0 heterocycles. The molecule has 0 unspecified atom stereocenters. The lowest BCUT2D eigenvalue weighted by molar-refractivity contribution is 0.461. The van der Waals surface area contributed by atoms with Gasteiger partial charge in [0.2, 0.25) is 10.0 Å². The van der Waals surface area contributed by atoms with Gasteiger partial charge in [-0.25, -0.2) is 12.7 Å². The molecular formula is C11H24N2O2S. The van der Waals surface area contributed by atoms with E-state index in [1.807, 2.05) is 0 Å². The van der Waals surface area contributed by atoms with Crippen molar-refractivity contribution >= 4 is 10.0 Å². The highest BCUT2D eigenvalue weighted by Crippen LogP contribution is 2.27. The standard InChI is InChI=1S/C11H24N2O2S/c1-10(2)12-8-4-5-9-16(14,15)13(3)11-6-7-11/h10-12H,4-9H2,1-3H3. The summed E-state index contributed by atoms with van der Waals surface area (Å²) in [6, 6.07) is 0.768. The molecule has 0 bridgehead atoms. The van der Waals surface area contributed by atoms with Gasteiger partial charge in [0.1, 0.15) is 0 Å². The first-order valence-corrected chi connectivity index (χ1v) is 7.73. The predicted molar refractivity (Wildman–Crippen MR) is 66.9 cm³/mol. The Bertz CT molecular complexity index is 297. The number of rotatable bonds is 8. The van der Waals surface area contributed by atoms with Crippen molar-refractivity contribution in [1.82, 2.24) is 9.62 Å². The topological polar surface area (TPSA) is 49.4 Å². The summed E-state index contributed by atoms with van der Waals surface area (Å²) in [6.07, 6.45) is 3.74. The summed E-state index contributed by atoms with van der Waals surface area (Å²) in [6.45, 7) is 5.09. The van der Waals surface area contributed by atoms with Gasteiger partial charge in [-0.2, -0.15) is 0 Å². The van der Waals surface area contributed by atoms with Crippen molar-refractivity contribution in [3.05, 3.63) is 0 Å². The van der Waals surface area contributed by atoms with Crippen molar-refractivity contribution in [3.63, 3.8) is 0 Å². The monoisotopic (exact) mass is 248 g/mol. The van der Waals surface area contributed by atoms with Crippen molar-refractivity contribution in [2.24, 2.45) is 0 Å². The van der Waals surface area contributed by atoms with Crippen LogP contribution in [0.25, 0.3) is 0 Å². The first-order valence-electron chi connectivity index (χ1n) is 6.12. The van der Waals surface area contributed by atoms with Crippen LogP contribution in [0.3, 0.4) is 0 Å². The molecule has 1 saturated carbocycles. The van der Waals surface area contributed by atoms with Gasteiger partial charge in [0.15, 0.2) is 0 Å². The average Bonchev–Trinajstić information content (AvgIpc) is 2.98. The molecule has 0 aromatic carbocycles. The molecule has 0 aliphatic heterocycles. The molecule has 0 radical (unpaired) electrons. The summed E-state index contributed by atoms with van der Waals surface area (Å²) >= 11 is 0. The van der Waals surface area contributed by atoms with Gasteiger partial charge in [0, 0.05) is 19.1 Å². The molecule has 0 atom stereocenters. The van der Waals surface area contributed by atoms with Crippen LogP contribution in [0.4, 0.5) is 0 Å². The second-order valence-corrected chi connectivity index (χ2v) is 7.03. The van der Waals surface area contributed by atoms with Crippen LogP contribution in [-0.4, -0.2) is 44.2 Å². The minimum Gasteiger partial charge on any atom is -0.315 e. The van der Waals surface area contributed by atoms with E-state index in [-0.39, 0.29) is 0 Å². The molecule has 0 spiro atoms. The average molecular weight is 248 g/mol. The zero-order chi connectivity index (χ0) is 12.2. The lowest BCUT2D eigenvalue weighted by Gasteiger charge is -2.16. The first kappa shape index (κ1) is 13.9. The Hall–Kier alpha value is -0.130. The smallest absolute Gasteiger partial charge is 0.214 e. The number of sulfonamides is 1. The molecule has 1 aliphatic carbocycles. The molecular weight excluding hydrogens is 224 g/mol. The van der Waals surface area contributed by atoms with Crippen molar-refractivity contribution in [2.75, 3.05) is 19.3 Å². The first-order chi connectivity index (χ1) is 7.43. The Morgan fingerprint density at radius 2 is 1.94 bits per heavy atom. The fourth-order valence-corrected chi connectivity index (χ4v) is 3.13. The maximum Gasteiger partial charge on any atom is 0.214 e. The summed E-state index contributed by atoms with van der Waals surface area (Å²) < 4.78 is 25.2. The fourth-order valence-electron chi connectivity index (χ4n) is 1.61. The number of hydrogen-bond donors (Lipinski definition) is 1. The normalized spacial score (nSPS) is 17.3. The van der Waals surface area contributed by atoms with Gasteiger partial charge >= 0.3 is 0 Å². The van der Waals surface area contributed by atoms with Crippen LogP contribution in [0.1, 0.15) is 39.5 Å². The highest BCUT2D eigenvalue weighted by molar-refractivity contribution is 7.89. The number of nitrogens with zero attached hydrogens (tertiary/aromatic N) is 1. The summed E-state index contributed by atoms with van der Waals surface area (Å²) in [7, 11) is -1.28. The van der Waals surface area contributed by atoms with Crippen LogP contribution in [0.5, 0.6) is 0 Å². The van der Waals surface area contributed by atoms with E-state index in [0.717, 1.165) is 32.2 Å². The Morgan fingerprint density at radius 3 is 2.44 bits per heavy atom.